The summed E-state index contributed by atoms with van der Waals surface area (Å²) in [5.74, 6) is 0.728. The molecule has 0 bridgehead atoms. The Balaban J connectivity index is 1.52. The molecule has 0 spiro atoms. The first-order valence-corrected chi connectivity index (χ1v) is 13.8. The topological polar surface area (TPSA) is 65.7 Å². The van der Waals surface area contributed by atoms with Gasteiger partial charge in [0.1, 0.15) is 11.5 Å². The molecule has 2 N–H and O–H groups in total. The molecule has 3 rings (SSSR count). The fraction of sp³-hybridized carbons (Fsp3) is 0.516. The Morgan fingerprint density at radius 1 is 0.833 bits per heavy atom. The zero-order valence-corrected chi connectivity index (χ0v) is 22.4. The van der Waals surface area contributed by atoms with E-state index in [9.17, 15) is 15.0 Å². The van der Waals surface area contributed by atoms with Crippen molar-refractivity contribution in [1.82, 2.24) is 9.47 Å². The van der Waals surface area contributed by atoms with E-state index in [4.69, 9.17) is 0 Å². The van der Waals surface area contributed by atoms with Gasteiger partial charge in [0.25, 0.3) is 0 Å². The molecule has 0 atom stereocenters. The van der Waals surface area contributed by atoms with Gasteiger partial charge in [-0.15, -0.1) is 0 Å². The quantitative estimate of drug-likeness (QED) is 0.213. The average molecular weight is 493 g/mol. The number of fused-ring (bicyclic) bond motifs is 1. The Morgan fingerprint density at radius 2 is 1.47 bits per heavy atom. The molecule has 0 saturated carbocycles. The van der Waals surface area contributed by atoms with Crippen LogP contribution in [0.3, 0.4) is 0 Å². The largest absolute Gasteiger partial charge is 0.508 e. The van der Waals surface area contributed by atoms with Crippen molar-refractivity contribution in [3.8, 4) is 22.8 Å². The smallest absolute Gasteiger partial charge is 0.222 e. The van der Waals surface area contributed by atoms with Crippen LogP contribution in [0.15, 0.2) is 42.5 Å². The minimum absolute atomic E-state index is 0.232. The summed E-state index contributed by atoms with van der Waals surface area (Å²) in [7, 11) is 1.93. The second kappa shape index (κ2) is 14.0. The lowest BCUT2D eigenvalue weighted by Gasteiger charge is -2.17. The van der Waals surface area contributed by atoms with Crippen molar-refractivity contribution in [2.24, 2.45) is 0 Å². The zero-order valence-electron chi connectivity index (χ0n) is 22.4. The number of aromatic hydroxyl groups is 2. The molecule has 0 fully saturated rings. The molecule has 1 amide bonds. The van der Waals surface area contributed by atoms with Crippen molar-refractivity contribution in [2.75, 3.05) is 13.6 Å². The summed E-state index contributed by atoms with van der Waals surface area (Å²) in [6.45, 7) is 5.96. The highest BCUT2D eigenvalue weighted by atomic mass is 16.3. The van der Waals surface area contributed by atoms with Crippen LogP contribution >= 0.6 is 0 Å². The van der Waals surface area contributed by atoms with Crippen LogP contribution < -0.4 is 0 Å². The molecule has 36 heavy (non-hydrogen) atoms. The van der Waals surface area contributed by atoms with Gasteiger partial charge in [0.05, 0.1) is 5.69 Å². The molecule has 5 nitrogen and oxygen atoms in total. The van der Waals surface area contributed by atoms with Gasteiger partial charge in [0.2, 0.25) is 5.91 Å². The van der Waals surface area contributed by atoms with Crippen molar-refractivity contribution in [3.63, 3.8) is 0 Å². The predicted molar refractivity (Wildman–Crippen MR) is 150 cm³/mol. The average Bonchev–Trinajstić information content (AvgIpc) is 3.14. The first-order chi connectivity index (χ1) is 17.4. The Morgan fingerprint density at radius 3 is 2.17 bits per heavy atom. The van der Waals surface area contributed by atoms with Gasteiger partial charge in [0.15, 0.2) is 0 Å². The maximum absolute atomic E-state index is 12.6. The summed E-state index contributed by atoms with van der Waals surface area (Å²) in [4.78, 5) is 14.5. The zero-order chi connectivity index (χ0) is 25.9. The normalized spacial score (nSPS) is 11.3. The third kappa shape index (κ3) is 7.52. The lowest BCUT2D eigenvalue weighted by Crippen LogP contribution is -2.27. The van der Waals surface area contributed by atoms with Crippen LogP contribution in [0.25, 0.3) is 22.2 Å². The number of phenols is 2. The highest BCUT2D eigenvalue weighted by Gasteiger charge is 2.17. The van der Waals surface area contributed by atoms with Gasteiger partial charge in [-0.25, -0.2) is 0 Å². The Hall–Kier alpha value is -2.95. The van der Waals surface area contributed by atoms with E-state index in [1.807, 2.05) is 36.2 Å². The number of hydrogen-bond acceptors (Lipinski definition) is 3. The summed E-state index contributed by atoms with van der Waals surface area (Å²) in [5, 5.41) is 20.8. The summed E-state index contributed by atoms with van der Waals surface area (Å²) in [6.07, 6.45) is 12.5. The van der Waals surface area contributed by atoms with Crippen LogP contribution in [0.2, 0.25) is 0 Å². The Labute approximate surface area is 216 Å². The third-order valence-corrected chi connectivity index (χ3v) is 7.24. The Bertz CT molecular complexity index is 1100. The molecule has 0 aliphatic rings. The molecule has 3 aromatic rings. The molecule has 0 aliphatic heterocycles. The monoisotopic (exact) mass is 492 g/mol. The molecule has 5 heteroatoms. The number of carbonyl (C=O) groups is 1. The van der Waals surface area contributed by atoms with E-state index in [0.29, 0.717) is 6.42 Å². The number of aryl methyl sites for hydroxylation is 2. The van der Waals surface area contributed by atoms with Crippen LogP contribution in [0.1, 0.15) is 83.1 Å². The van der Waals surface area contributed by atoms with E-state index in [-0.39, 0.29) is 17.4 Å². The molecule has 0 radical (unpaired) electrons. The minimum atomic E-state index is 0.232. The van der Waals surface area contributed by atoms with Crippen molar-refractivity contribution < 1.29 is 15.0 Å². The molecular weight excluding hydrogens is 448 g/mol. The van der Waals surface area contributed by atoms with E-state index in [0.717, 1.165) is 60.1 Å². The molecule has 0 saturated heterocycles. The fourth-order valence-corrected chi connectivity index (χ4v) is 5.08. The van der Waals surface area contributed by atoms with E-state index in [1.165, 1.54) is 44.9 Å². The maximum atomic E-state index is 12.6. The standard InChI is InChI=1S/C31H44N2O3/c1-4-5-6-7-8-9-10-12-21-32(3)30(36)14-11-13-22-33-29-20-19-27(35)23-28(29)24(2)31(33)25-15-17-26(34)18-16-25/h15-20,23,34-35H,4-14,21-22H2,1-3H3. The number of benzene rings is 2. The number of hydrogen-bond donors (Lipinski definition) is 2. The molecule has 196 valence electrons. The molecule has 0 aliphatic carbocycles. The molecule has 1 heterocycles. The predicted octanol–water partition coefficient (Wildman–Crippen LogP) is 7.80. The van der Waals surface area contributed by atoms with E-state index >= 15 is 0 Å². The SMILES string of the molecule is CCCCCCCCCCN(C)C(=O)CCCCn1c(-c2ccc(O)cc2)c(C)c2cc(O)ccc21. The van der Waals surface area contributed by atoms with Crippen molar-refractivity contribution >= 4 is 16.8 Å². The van der Waals surface area contributed by atoms with Crippen LogP contribution in [-0.4, -0.2) is 39.2 Å². The lowest BCUT2D eigenvalue weighted by atomic mass is 10.1. The second-order valence-corrected chi connectivity index (χ2v) is 10.1. The van der Waals surface area contributed by atoms with Gasteiger partial charge < -0.3 is 19.7 Å². The minimum Gasteiger partial charge on any atom is -0.508 e. The van der Waals surface area contributed by atoms with Gasteiger partial charge >= 0.3 is 0 Å². The summed E-state index contributed by atoms with van der Waals surface area (Å²) in [6, 6.07) is 12.8. The first-order valence-electron chi connectivity index (χ1n) is 13.8. The summed E-state index contributed by atoms with van der Waals surface area (Å²) in [5.41, 5.74) is 4.30. The number of phenolic OH excluding ortho intramolecular Hbond substituents is 2. The third-order valence-electron chi connectivity index (χ3n) is 7.24. The summed E-state index contributed by atoms with van der Waals surface area (Å²) < 4.78 is 2.28. The van der Waals surface area contributed by atoms with Crippen molar-refractivity contribution in [1.29, 1.82) is 0 Å². The highest BCUT2D eigenvalue weighted by molar-refractivity contribution is 5.92. The van der Waals surface area contributed by atoms with E-state index < -0.39 is 0 Å². The van der Waals surface area contributed by atoms with Crippen LogP contribution in [0.5, 0.6) is 11.5 Å². The van der Waals surface area contributed by atoms with Crippen molar-refractivity contribution in [2.45, 2.75) is 91.0 Å². The second-order valence-electron chi connectivity index (χ2n) is 10.1. The number of nitrogens with zero attached hydrogens (tertiary/aromatic N) is 2. The maximum Gasteiger partial charge on any atom is 0.222 e. The molecule has 2 aromatic carbocycles. The Kier molecular flexibility index (Phi) is 10.7. The van der Waals surface area contributed by atoms with E-state index in [1.54, 1.807) is 18.2 Å². The first kappa shape index (κ1) is 27.6. The van der Waals surface area contributed by atoms with Gasteiger partial charge in [-0.2, -0.15) is 0 Å². The van der Waals surface area contributed by atoms with E-state index in [2.05, 4.69) is 18.4 Å². The lowest BCUT2D eigenvalue weighted by molar-refractivity contribution is -0.130. The summed E-state index contributed by atoms with van der Waals surface area (Å²) >= 11 is 0. The van der Waals surface area contributed by atoms with Gasteiger partial charge in [-0.1, -0.05) is 51.9 Å². The van der Waals surface area contributed by atoms with Gasteiger partial charge in [-0.05, 0) is 79.8 Å². The number of unbranched alkanes of at least 4 members (excludes halogenated alkanes) is 8. The number of amides is 1. The van der Waals surface area contributed by atoms with Crippen LogP contribution in [-0.2, 0) is 11.3 Å². The van der Waals surface area contributed by atoms with Gasteiger partial charge in [-0.3, -0.25) is 4.79 Å². The molecule has 0 unspecified atom stereocenters. The molecular formula is C31H44N2O3. The van der Waals surface area contributed by atoms with Gasteiger partial charge in [0, 0.05) is 37.5 Å². The number of rotatable bonds is 15. The van der Waals surface area contributed by atoms with Crippen molar-refractivity contribution in [3.05, 3.63) is 48.0 Å². The number of aromatic nitrogens is 1. The fourth-order valence-electron chi connectivity index (χ4n) is 5.08. The number of carbonyl (C=O) groups excluding carboxylic acids is 1. The van der Waals surface area contributed by atoms with Crippen LogP contribution in [0.4, 0.5) is 0 Å². The van der Waals surface area contributed by atoms with Crippen LogP contribution in [0, 0.1) is 6.92 Å². The highest BCUT2D eigenvalue weighted by Crippen LogP contribution is 2.36. The molecule has 1 aromatic heterocycles.